The highest BCUT2D eigenvalue weighted by molar-refractivity contribution is 7.09. The second kappa shape index (κ2) is 9.93. The number of carbonyl (C=O) groups excluding carboxylic acids is 3. The summed E-state index contributed by atoms with van der Waals surface area (Å²) < 4.78 is 29.4. The van der Waals surface area contributed by atoms with E-state index in [0.717, 1.165) is 12.8 Å². The zero-order valence-corrected chi connectivity index (χ0v) is 19.4. The second-order valence-electron chi connectivity index (χ2n) is 8.17. The SMILES string of the molecule is O=C(OCc1csc(COc2ccc(F)cc2)n1)c1ccc2c(c1)C(=O)N(CC1CCCO1)C2=O. The minimum Gasteiger partial charge on any atom is -0.486 e. The fourth-order valence-corrected chi connectivity index (χ4v) is 4.65. The summed E-state index contributed by atoms with van der Waals surface area (Å²) in [5.41, 5.74) is 1.20. The maximum atomic E-state index is 13.0. The van der Waals surface area contributed by atoms with E-state index < -0.39 is 11.9 Å². The first kappa shape index (κ1) is 23.1. The molecule has 0 radical (unpaired) electrons. The first-order chi connectivity index (χ1) is 17.0. The van der Waals surface area contributed by atoms with E-state index in [0.29, 0.717) is 23.1 Å². The summed E-state index contributed by atoms with van der Waals surface area (Å²) in [5.74, 6) is -1.25. The fourth-order valence-electron chi connectivity index (χ4n) is 3.96. The molecule has 2 aliphatic rings. The van der Waals surface area contributed by atoms with Crippen molar-refractivity contribution in [3.05, 3.63) is 81.1 Å². The molecule has 10 heteroatoms. The van der Waals surface area contributed by atoms with Crippen molar-refractivity contribution in [3.8, 4) is 5.75 Å². The molecule has 5 rings (SSSR count). The highest BCUT2D eigenvalue weighted by Gasteiger charge is 2.38. The third-order valence-corrected chi connectivity index (χ3v) is 6.61. The summed E-state index contributed by atoms with van der Waals surface area (Å²) in [6.45, 7) is 0.989. The van der Waals surface area contributed by atoms with Crippen LogP contribution in [0, 0.1) is 5.82 Å². The number of aromatic nitrogens is 1. The minimum absolute atomic E-state index is 0.0546. The van der Waals surface area contributed by atoms with Crippen molar-refractivity contribution in [2.75, 3.05) is 13.2 Å². The molecule has 1 atom stereocenters. The van der Waals surface area contributed by atoms with Crippen molar-refractivity contribution in [2.45, 2.75) is 32.2 Å². The van der Waals surface area contributed by atoms with Crippen molar-refractivity contribution in [1.29, 1.82) is 0 Å². The maximum absolute atomic E-state index is 13.0. The lowest BCUT2D eigenvalue weighted by molar-refractivity contribution is 0.0466. The first-order valence-electron chi connectivity index (χ1n) is 11.1. The van der Waals surface area contributed by atoms with E-state index in [1.165, 1.54) is 58.7 Å². The summed E-state index contributed by atoms with van der Waals surface area (Å²) in [5, 5.41) is 2.43. The molecule has 0 N–H and O–H groups in total. The monoisotopic (exact) mass is 496 g/mol. The molecule has 1 unspecified atom stereocenters. The molecule has 1 fully saturated rings. The van der Waals surface area contributed by atoms with Gasteiger partial charge in [0.1, 0.15) is 29.8 Å². The summed E-state index contributed by atoms with van der Waals surface area (Å²) >= 11 is 1.35. The van der Waals surface area contributed by atoms with E-state index in [-0.39, 0.29) is 54.3 Å². The van der Waals surface area contributed by atoms with E-state index >= 15 is 0 Å². The van der Waals surface area contributed by atoms with Gasteiger partial charge in [-0.1, -0.05) is 0 Å². The molecule has 2 aromatic carbocycles. The van der Waals surface area contributed by atoms with Crippen molar-refractivity contribution >= 4 is 29.1 Å². The van der Waals surface area contributed by atoms with Gasteiger partial charge in [-0.05, 0) is 55.3 Å². The van der Waals surface area contributed by atoms with Gasteiger partial charge in [-0.2, -0.15) is 0 Å². The van der Waals surface area contributed by atoms with Gasteiger partial charge in [-0.15, -0.1) is 11.3 Å². The van der Waals surface area contributed by atoms with E-state index in [4.69, 9.17) is 14.2 Å². The average molecular weight is 497 g/mol. The predicted octanol–water partition coefficient (Wildman–Crippen LogP) is 3.99. The summed E-state index contributed by atoms with van der Waals surface area (Å²) in [4.78, 5) is 43.6. The van der Waals surface area contributed by atoms with E-state index in [1.54, 1.807) is 5.38 Å². The number of carbonyl (C=O) groups is 3. The smallest absolute Gasteiger partial charge is 0.338 e. The van der Waals surface area contributed by atoms with Crippen molar-refractivity contribution in [3.63, 3.8) is 0 Å². The number of hydrogen-bond donors (Lipinski definition) is 0. The van der Waals surface area contributed by atoms with Crippen LogP contribution in [0.5, 0.6) is 5.75 Å². The molecule has 1 saturated heterocycles. The lowest BCUT2D eigenvalue weighted by atomic mass is 10.1. The quantitative estimate of drug-likeness (QED) is 0.344. The van der Waals surface area contributed by atoms with Gasteiger partial charge in [0.05, 0.1) is 35.0 Å². The number of amides is 2. The number of esters is 1. The van der Waals surface area contributed by atoms with Gasteiger partial charge >= 0.3 is 5.97 Å². The Labute approximate surface area is 204 Å². The highest BCUT2D eigenvalue weighted by Crippen LogP contribution is 2.26. The van der Waals surface area contributed by atoms with E-state index in [1.807, 2.05) is 0 Å². The third kappa shape index (κ3) is 5.08. The molecule has 0 aliphatic carbocycles. The summed E-state index contributed by atoms with van der Waals surface area (Å²) in [7, 11) is 0. The Morgan fingerprint density at radius 1 is 1.11 bits per heavy atom. The van der Waals surface area contributed by atoms with Crippen LogP contribution < -0.4 is 4.74 Å². The number of nitrogens with zero attached hydrogens (tertiary/aromatic N) is 2. The number of hydrogen-bond acceptors (Lipinski definition) is 8. The van der Waals surface area contributed by atoms with Crippen LogP contribution in [-0.2, 0) is 22.7 Å². The fraction of sp³-hybridized carbons (Fsp3) is 0.280. The van der Waals surface area contributed by atoms with Crippen LogP contribution in [0.4, 0.5) is 4.39 Å². The normalized spacial score (nSPS) is 17.1. The zero-order valence-electron chi connectivity index (χ0n) is 18.6. The minimum atomic E-state index is -0.622. The molecule has 0 bridgehead atoms. The molecule has 0 saturated carbocycles. The van der Waals surface area contributed by atoms with Gasteiger partial charge in [0, 0.05) is 12.0 Å². The molecule has 2 aliphatic heterocycles. The summed E-state index contributed by atoms with van der Waals surface area (Å²) in [6, 6.07) is 10.0. The number of ether oxygens (including phenoxy) is 3. The van der Waals surface area contributed by atoms with Gasteiger partial charge in [0.25, 0.3) is 11.8 Å². The number of thiazole rings is 1. The largest absolute Gasteiger partial charge is 0.486 e. The highest BCUT2D eigenvalue weighted by atomic mass is 32.1. The molecule has 180 valence electrons. The van der Waals surface area contributed by atoms with Crippen LogP contribution in [0.3, 0.4) is 0 Å². The van der Waals surface area contributed by atoms with E-state index in [2.05, 4.69) is 4.98 Å². The van der Waals surface area contributed by atoms with Crippen molar-refractivity contribution in [2.24, 2.45) is 0 Å². The zero-order chi connectivity index (χ0) is 24.4. The topological polar surface area (TPSA) is 95.0 Å². The average Bonchev–Trinajstić information content (AvgIpc) is 3.60. The molecule has 35 heavy (non-hydrogen) atoms. The number of benzene rings is 2. The molecule has 3 aromatic rings. The van der Waals surface area contributed by atoms with Gasteiger partial charge in [0.2, 0.25) is 0 Å². The lowest BCUT2D eigenvalue weighted by Gasteiger charge is -2.17. The maximum Gasteiger partial charge on any atom is 0.338 e. The van der Waals surface area contributed by atoms with Crippen LogP contribution in [0.1, 0.15) is 54.6 Å². The number of halogens is 1. The van der Waals surface area contributed by atoms with Crippen LogP contribution in [0.25, 0.3) is 0 Å². The van der Waals surface area contributed by atoms with Gasteiger partial charge in [-0.25, -0.2) is 14.2 Å². The van der Waals surface area contributed by atoms with Crippen LogP contribution in [0.15, 0.2) is 47.8 Å². The first-order valence-corrected chi connectivity index (χ1v) is 12.0. The van der Waals surface area contributed by atoms with Gasteiger partial charge in [-0.3, -0.25) is 14.5 Å². The van der Waals surface area contributed by atoms with Gasteiger partial charge in [0.15, 0.2) is 0 Å². The van der Waals surface area contributed by atoms with Crippen LogP contribution in [0.2, 0.25) is 0 Å². The second-order valence-corrected chi connectivity index (χ2v) is 9.11. The Morgan fingerprint density at radius 2 is 1.91 bits per heavy atom. The third-order valence-electron chi connectivity index (χ3n) is 5.74. The molecular weight excluding hydrogens is 475 g/mol. The number of rotatable bonds is 8. The standard InChI is InChI=1S/C25H21FN2O6S/c26-16-4-6-18(7-5-16)33-13-22-27-17(14-35-22)12-34-25(31)15-3-8-20-21(10-15)24(30)28(23(20)29)11-19-2-1-9-32-19/h3-8,10,14,19H,1-2,9,11-13H2. The molecule has 1 aromatic heterocycles. The Kier molecular flexibility index (Phi) is 6.56. The molecular formula is C25H21FN2O6S. The molecule has 3 heterocycles. The lowest BCUT2D eigenvalue weighted by Crippen LogP contribution is -2.36. The Bertz CT molecular complexity index is 1270. The molecule has 0 spiro atoms. The molecule has 2 amide bonds. The summed E-state index contributed by atoms with van der Waals surface area (Å²) in [6.07, 6.45) is 1.57. The number of imide groups is 1. The van der Waals surface area contributed by atoms with Crippen LogP contribution >= 0.6 is 11.3 Å². The Morgan fingerprint density at radius 3 is 2.69 bits per heavy atom. The predicted molar refractivity (Wildman–Crippen MR) is 123 cm³/mol. The van der Waals surface area contributed by atoms with E-state index in [9.17, 15) is 18.8 Å². The number of fused-ring (bicyclic) bond motifs is 1. The van der Waals surface area contributed by atoms with Gasteiger partial charge < -0.3 is 14.2 Å². The van der Waals surface area contributed by atoms with Crippen molar-refractivity contribution < 1.29 is 33.0 Å². The molecule has 8 nitrogen and oxygen atoms in total. The Hall–Kier alpha value is -3.63. The Balaban J connectivity index is 1.17. The van der Waals surface area contributed by atoms with Crippen LogP contribution in [-0.4, -0.2) is 46.9 Å². The van der Waals surface area contributed by atoms with Crippen molar-refractivity contribution in [1.82, 2.24) is 9.88 Å².